The van der Waals surface area contributed by atoms with Crippen molar-refractivity contribution in [2.24, 2.45) is 5.41 Å². The highest BCUT2D eigenvalue weighted by atomic mass is 16.5. The highest BCUT2D eigenvalue weighted by Crippen LogP contribution is 2.42. The minimum atomic E-state index is 0.214. The topological polar surface area (TPSA) is 9.23 Å². The first-order chi connectivity index (χ1) is 6.44. The number of rotatable bonds is 3. The van der Waals surface area contributed by atoms with Crippen molar-refractivity contribution in [2.45, 2.75) is 47.1 Å². The van der Waals surface area contributed by atoms with Crippen LogP contribution in [-0.2, 0) is 4.74 Å². The maximum atomic E-state index is 5.49. The minimum Gasteiger partial charge on any atom is -0.377 e. The van der Waals surface area contributed by atoms with Gasteiger partial charge >= 0.3 is 0 Å². The van der Waals surface area contributed by atoms with Crippen LogP contribution >= 0.6 is 0 Å². The van der Waals surface area contributed by atoms with Gasteiger partial charge in [-0.25, -0.2) is 0 Å². The summed E-state index contributed by atoms with van der Waals surface area (Å²) in [5.41, 5.74) is 4.50. The van der Waals surface area contributed by atoms with E-state index in [0.29, 0.717) is 0 Å². The van der Waals surface area contributed by atoms with E-state index in [2.05, 4.69) is 40.7 Å². The van der Waals surface area contributed by atoms with Gasteiger partial charge in [0.15, 0.2) is 0 Å². The monoisotopic (exact) mass is 194 g/mol. The molecule has 0 radical (unpaired) electrons. The Kier molecular flexibility index (Phi) is 3.20. The molecule has 1 aliphatic rings. The van der Waals surface area contributed by atoms with Crippen molar-refractivity contribution in [1.29, 1.82) is 0 Å². The summed E-state index contributed by atoms with van der Waals surface area (Å²) in [5, 5.41) is 0. The predicted molar refractivity (Wildman–Crippen MR) is 61.3 cm³/mol. The fraction of sp³-hybridized carbons (Fsp3) is 0.692. The molecule has 0 aromatic heterocycles. The molecule has 0 fully saturated rings. The fourth-order valence-corrected chi connectivity index (χ4v) is 2.15. The average Bonchev–Trinajstić information content (AvgIpc) is 2.33. The van der Waals surface area contributed by atoms with Gasteiger partial charge in [-0.3, -0.25) is 0 Å². The van der Waals surface area contributed by atoms with Crippen LogP contribution in [0.15, 0.2) is 22.8 Å². The summed E-state index contributed by atoms with van der Waals surface area (Å²) in [6.07, 6.45) is 3.67. The lowest BCUT2D eigenvalue weighted by molar-refractivity contribution is 0.130. The molecule has 0 aromatic rings. The van der Waals surface area contributed by atoms with Crippen LogP contribution in [0.5, 0.6) is 0 Å². The lowest BCUT2D eigenvalue weighted by Gasteiger charge is -2.17. The zero-order valence-corrected chi connectivity index (χ0v) is 10.3. The average molecular weight is 194 g/mol. The van der Waals surface area contributed by atoms with Crippen molar-refractivity contribution in [3.05, 3.63) is 22.8 Å². The van der Waals surface area contributed by atoms with Crippen LogP contribution in [-0.4, -0.2) is 13.2 Å². The van der Waals surface area contributed by atoms with E-state index in [1.807, 2.05) is 0 Å². The third-order valence-electron chi connectivity index (χ3n) is 3.48. The lowest BCUT2D eigenvalue weighted by atomic mass is 9.88. The van der Waals surface area contributed by atoms with E-state index in [0.717, 1.165) is 6.42 Å². The van der Waals surface area contributed by atoms with E-state index in [1.165, 1.54) is 16.7 Å². The number of hydrogen-bond acceptors (Lipinski definition) is 1. The molecule has 1 atom stereocenters. The fourth-order valence-electron chi connectivity index (χ4n) is 2.15. The molecule has 0 N–H and O–H groups in total. The van der Waals surface area contributed by atoms with Crippen LogP contribution in [0.2, 0.25) is 0 Å². The molecule has 80 valence electrons. The molecule has 0 saturated heterocycles. The molecule has 14 heavy (non-hydrogen) atoms. The molecule has 0 saturated carbocycles. The van der Waals surface area contributed by atoms with Crippen molar-refractivity contribution >= 4 is 0 Å². The second-order valence-electron chi connectivity index (χ2n) is 4.70. The third kappa shape index (κ3) is 1.78. The summed E-state index contributed by atoms with van der Waals surface area (Å²) in [4.78, 5) is 0. The standard InChI is InChI=1S/C13H22O/c1-7-12(14-6)11-8-13(4,5)10(3)9(11)2/h8,12H,7H2,1-6H3. The van der Waals surface area contributed by atoms with Crippen molar-refractivity contribution in [1.82, 2.24) is 0 Å². The highest BCUT2D eigenvalue weighted by Gasteiger charge is 2.30. The van der Waals surface area contributed by atoms with E-state index >= 15 is 0 Å². The van der Waals surface area contributed by atoms with Gasteiger partial charge in [-0.1, -0.05) is 32.4 Å². The molecular weight excluding hydrogens is 172 g/mol. The van der Waals surface area contributed by atoms with Gasteiger partial charge in [0.25, 0.3) is 0 Å². The minimum absolute atomic E-state index is 0.214. The highest BCUT2D eigenvalue weighted by molar-refractivity contribution is 5.47. The SMILES string of the molecule is CCC(OC)C1=CC(C)(C)C(C)=C1C. The van der Waals surface area contributed by atoms with E-state index in [4.69, 9.17) is 4.74 Å². The van der Waals surface area contributed by atoms with Gasteiger partial charge in [-0.15, -0.1) is 0 Å². The van der Waals surface area contributed by atoms with Crippen LogP contribution < -0.4 is 0 Å². The predicted octanol–water partition coefficient (Wildman–Crippen LogP) is 3.71. The second kappa shape index (κ2) is 3.90. The van der Waals surface area contributed by atoms with E-state index < -0.39 is 0 Å². The van der Waals surface area contributed by atoms with Crippen molar-refractivity contribution in [3.8, 4) is 0 Å². The molecule has 0 heterocycles. The number of allylic oxidation sites excluding steroid dienone is 2. The molecular formula is C13H22O. The molecule has 1 heteroatoms. The summed E-state index contributed by atoms with van der Waals surface area (Å²) in [6.45, 7) is 11.1. The molecule has 1 nitrogen and oxygen atoms in total. The Balaban J connectivity index is 3.04. The number of hydrogen-bond donors (Lipinski definition) is 0. The number of methoxy groups -OCH3 is 1. The van der Waals surface area contributed by atoms with Crippen LogP contribution in [0, 0.1) is 5.41 Å². The van der Waals surface area contributed by atoms with Gasteiger partial charge in [0.1, 0.15) is 0 Å². The zero-order chi connectivity index (χ0) is 10.9. The molecule has 0 spiro atoms. The molecule has 0 aliphatic heterocycles. The molecule has 0 amide bonds. The smallest absolute Gasteiger partial charge is 0.0818 e. The van der Waals surface area contributed by atoms with E-state index in [-0.39, 0.29) is 11.5 Å². The largest absolute Gasteiger partial charge is 0.377 e. The maximum absolute atomic E-state index is 5.49. The van der Waals surface area contributed by atoms with Crippen LogP contribution in [0.3, 0.4) is 0 Å². The molecule has 1 aliphatic carbocycles. The second-order valence-corrected chi connectivity index (χ2v) is 4.70. The quantitative estimate of drug-likeness (QED) is 0.665. The number of ether oxygens (including phenoxy) is 1. The van der Waals surface area contributed by atoms with Gasteiger partial charge in [-0.2, -0.15) is 0 Å². The first kappa shape index (κ1) is 11.5. The first-order valence-corrected chi connectivity index (χ1v) is 5.38. The maximum Gasteiger partial charge on any atom is 0.0818 e. The lowest BCUT2D eigenvalue weighted by Crippen LogP contribution is -2.12. The summed E-state index contributed by atoms with van der Waals surface area (Å²) in [6, 6.07) is 0. The Labute approximate surface area is 87.8 Å². The van der Waals surface area contributed by atoms with E-state index in [9.17, 15) is 0 Å². The van der Waals surface area contributed by atoms with Crippen LogP contribution in [0.4, 0.5) is 0 Å². The Morgan fingerprint density at radius 1 is 1.36 bits per heavy atom. The summed E-state index contributed by atoms with van der Waals surface area (Å²) < 4.78 is 5.49. The van der Waals surface area contributed by atoms with Gasteiger partial charge in [0.2, 0.25) is 0 Å². The van der Waals surface area contributed by atoms with Gasteiger partial charge in [0.05, 0.1) is 6.10 Å². The third-order valence-corrected chi connectivity index (χ3v) is 3.48. The molecule has 1 unspecified atom stereocenters. The zero-order valence-electron chi connectivity index (χ0n) is 10.3. The normalized spacial score (nSPS) is 22.6. The van der Waals surface area contributed by atoms with Crippen molar-refractivity contribution in [2.75, 3.05) is 7.11 Å². The Morgan fingerprint density at radius 2 is 1.93 bits per heavy atom. The van der Waals surface area contributed by atoms with Crippen molar-refractivity contribution < 1.29 is 4.74 Å². The van der Waals surface area contributed by atoms with Crippen LogP contribution in [0.1, 0.15) is 41.0 Å². The van der Waals surface area contributed by atoms with Gasteiger partial charge in [0, 0.05) is 12.5 Å². The summed E-state index contributed by atoms with van der Waals surface area (Å²) in [5.74, 6) is 0. The van der Waals surface area contributed by atoms with Gasteiger partial charge < -0.3 is 4.74 Å². The van der Waals surface area contributed by atoms with Crippen LogP contribution in [0.25, 0.3) is 0 Å². The van der Waals surface area contributed by atoms with Gasteiger partial charge in [-0.05, 0) is 31.4 Å². The molecule has 1 rings (SSSR count). The summed E-state index contributed by atoms with van der Waals surface area (Å²) >= 11 is 0. The molecule has 0 bridgehead atoms. The molecule has 0 aromatic carbocycles. The Morgan fingerprint density at radius 3 is 2.21 bits per heavy atom. The van der Waals surface area contributed by atoms with Crippen molar-refractivity contribution in [3.63, 3.8) is 0 Å². The van der Waals surface area contributed by atoms with E-state index in [1.54, 1.807) is 7.11 Å². The Bertz CT molecular complexity index is 278. The summed E-state index contributed by atoms with van der Waals surface area (Å²) in [7, 11) is 1.79. The first-order valence-electron chi connectivity index (χ1n) is 5.38. The Hall–Kier alpha value is -0.560.